The number of sulfonamides is 1. The standard InChI is InChI=1S/C15H16F3N3O3S/c1-25(22,23)21-4-2-20(3-5-21)13-7-11(14-9-19-10-24-14)6-12(8-13)15(16,17)18/h6-10H,2-5H2,1H3. The van der Waals surface area contributed by atoms with Crippen LogP contribution < -0.4 is 4.90 Å². The third kappa shape index (κ3) is 3.96. The van der Waals surface area contributed by atoms with Crippen LogP contribution in [0, 0.1) is 0 Å². The fourth-order valence-electron chi connectivity index (χ4n) is 2.74. The van der Waals surface area contributed by atoms with Crippen molar-refractivity contribution in [2.24, 2.45) is 0 Å². The van der Waals surface area contributed by atoms with Gasteiger partial charge in [-0.2, -0.15) is 17.5 Å². The molecule has 0 aliphatic carbocycles. The second-order valence-electron chi connectivity index (χ2n) is 5.78. The van der Waals surface area contributed by atoms with Gasteiger partial charge in [-0.1, -0.05) is 0 Å². The van der Waals surface area contributed by atoms with Gasteiger partial charge in [0.05, 0.1) is 18.0 Å². The lowest BCUT2D eigenvalue weighted by atomic mass is 10.1. The zero-order chi connectivity index (χ0) is 18.2. The molecule has 0 N–H and O–H groups in total. The lowest BCUT2D eigenvalue weighted by molar-refractivity contribution is -0.137. The average Bonchev–Trinajstić information content (AvgIpc) is 3.07. The van der Waals surface area contributed by atoms with Gasteiger partial charge in [0.25, 0.3) is 0 Å². The van der Waals surface area contributed by atoms with Gasteiger partial charge in [-0.05, 0) is 18.2 Å². The van der Waals surface area contributed by atoms with E-state index < -0.39 is 21.8 Å². The van der Waals surface area contributed by atoms with Crippen molar-refractivity contribution in [3.8, 4) is 11.3 Å². The molecule has 0 spiro atoms. The predicted molar refractivity (Wildman–Crippen MR) is 85.6 cm³/mol. The smallest absolute Gasteiger partial charge is 0.416 e. The molecule has 0 radical (unpaired) electrons. The molecule has 0 atom stereocenters. The molecule has 10 heteroatoms. The molecule has 6 nitrogen and oxygen atoms in total. The van der Waals surface area contributed by atoms with Gasteiger partial charge in [-0.15, -0.1) is 0 Å². The van der Waals surface area contributed by atoms with Crippen LogP contribution in [0.1, 0.15) is 5.56 Å². The predicted octanol–water partition coefficient (Wildman–Crippen LogP) is 2.44. The number of hydrogen-bond donors (Lipinski definition) is 0. The molecule has 1 aromatic carbocycles. The number of alkyl halides is 3. The Labute approximate surface area is 142 Å². The Morgan fingerprint density at radius 3 is 2.32 bits per heavy atom. The van der Waals surface area contributed by atoms with E-state index >= 15 is 0 Å². The Balaban J connectivity index is 1.92. The van der Waals surface area contributed by atoms with E-state index in [-0.39, 0.29) is 24.4 Å². The molecule has 136 valence electrons. The molecule has 0 unspecified atom stereocenters. The monoisotopic (exact) mass is 375 g/mol. The van der Waals surface area contributed by atoms with Crippen LogP contribution in [0.15, 0.2) is 35.2 Å². The maximum absolute atomic E-state index is 13.2. The molecule has 2 heterocycles. The van der Waals surface area contributed by atoms with Crippen LogP contribution in [-0.4, -0.2) is 50.1 Å². The summed E-state index contributed by atoms with van der Waals surface area (Å²) < 4.78 is 69.2. The summed E-state index contributed by atoms with van der Waals surface area (Å²) in [5.41, 5.74) is -0.149. The van der Waals surface area contributed by atoms with E-state index in [0.717, 1.165) is 24.8 Å². The first-order chi connectivity index (χ1) is 11.6. The van der Waals surface area contributed by atoms with E-state index in [4.69, 9.17) is 4.42 Å². The van der Waals surface area contributed by atoms with Crippen LogP contribution >= 0.6 is 0 Å². The average molecular weight is 375 g/mol. The normalized spacial score (nSPS) is 17.0. The number of anilines is 1. The summed E-state index contributed by atoms with van der Waals surface area (Å²) in [6.45, 7) is 1.08. The van der Waals surface area contributed by atoms with Gasteiger partial charge >= 0.3 is 6.18 Å². The number of piperazine rings is 1. The zero-order valence-corrected chi connectivity index (χ0v) is 14.1. The van der Waals surface area contributed by atoms with Crippen molar-refractivity contribution < 1.29 is 26.0 Å². The third-order valence-electron chi connectivity index (χ3n) is 4.03. The third-order valence-corrected chi connectivity index (χ3v) is 5.34. The lowest BCUT2D eigenvalue weighted by Gasteiger charge is -2.35. The molecule has 0 bridgehead atoms. The minimum absolute atomic E-state index is 0.229. The SMILES string of the molecule is CS(=O)(=O)N1CCN(c2cc(-c3cnco3)cc(C(F)(F)F)c2)CC1. The number of oxazole rings is 1. The number of rotatable bonds is 3. The van der Waals surface area contributed by atoms with Gasteiger partial charge in [0.1, 0.15) is 0 Å². The van der Waals surface area contributed by atoms with Crippen molar-refractivity contribution >= 4 is 15.7 Å². The second kappa shape index (κ2) is 6.34. The molecule has 1 aliphatic rings. The molecule has 0 saturated carbocycles. The maximum Gasteiger partial charge on any atom is 0.416 e. The highest BCUT2D eigenvalue weighted by molar-refractivity contribution is 7.88. The van der Waals surface area contributed by atoms with Crippen LogP contribution in [0.4, 0.5) is 18.9 Å². The molecule has 1 saturated heterocycles. The molecule has 25 heavy (non-hydrogen) atoms. The number of benzene rings is 1. The van der Waals surface area contributed by atoms with Crippen molar-refractivity contribution in [1.29, 1.82) is 0 Å². The number of halogens is 3. The van der Waals surface area contributed by atoms with E-state index in [1.165, 1.54) is 10.5 Å². The summed E-state index contributed by atoms with van der Waals surface area (Å²) in [6, 6.07) is 3.67. The van der Waals surface area contributed by atoms with Crippen LogP contribution in [0.3, 0.4) is 0 Å². The highest BCUT2D eigenvalue weighted by Crippen LogP contribution is 2.36. The Morgan fingerprint density at radius 1 is 1.12 bits per heavy atom. The summed E-state index contributed by atoms with van der Waals surface area (Å²) in [5.74, 6) is 0.238. The van der Waals surface area contributed by atoms with Crippen molar-refractivity contribution in [1.82, 2.24) is 9.29 Å². The van der Waals surface area contributed by atoms with Gasteiger partial charge in [0, 0.05) is 37.4 Å². The van der Waals surface area contributed by atoms with Crippen LogP contribution in [-0.2, 0) is 16.2 Å². The van der Waals surface area contributed by atoms with Gasteiger partial charge in [0.15, 0.2) is 12.2 Å². The quantitative estimate of drug-likeness (QED) is 0.824. The van der Waals surface area contributed by atoms with Crippen LogP contribution in [0.5, 0.6) is 0 Å². The minimum Gasteiger partial charge on any atom is -0.444 e. The highest BCUT2D eigenvalue weighted by atomic mass is 32.2. The number of nitrogens with zero attached hydrogens (tertiary/aromatic N) is 3. The molecule has 1 aromatic heterocycles. The van der Waals surface area contributed by atoms with E-state index in [2.05, 4.69) is 4.98 Å². The van der Waals surface area contributed by atoms with E-state index in [0.29, 0.717) is 18.8 Å². The molecular weight excluding hydrogens is 359 g/mol. The number of aromatic nitrogens is 1. The van der Waals surface area contributed by atoms with Crippen LogP contribution in [0.2, 0.25) is 0 Å². The molecule has 0 amide bonds. The summed E-state index contributed by atoms with van der Waals surface area (Å²) in [4.78, 5) is 5.47. The van der Waals surface area contributed by atoms with Crippen molar-refractivity contribution in [2.75, 3.05) is 37.3 Å². The van der Waals surface area contributed by atoms with E-state index in [1.54, 1.807) is 11.0 Å². The maximum atomic E-state index is 13.2. The first kappa shape index (κ1) is 17.7. The summed E-state index contributed by atoms with van der Waals surface area (Å²) in [6.07, 6.45) is -0.880. The van der Waals surface area contributed by atoms with Gasteiger partial charge in [-0.25, -0.2) is 13.4 Å². The minimum atomic E-state index is -4.50. The van der Waals surface area contributed by atoms with Gasteiger partial charge in [-0.3, -0.25) is 0 Å². The van der Waals surface area contributed by atoms with Gasteiger partial charge in [0.2, 0.25) is 10.0 Å². The lowest BCUT2D eigenvalue weighted by Crippen LogP contribution is -2.48. The molecule has 1 aliphatic heterocycles. The van der Waals surface area contributed by atoms with Crippen molar-refractivity contribution in [3.05, 3.63) is 36.4 Å². The number of hydrogen-bond acceptors (Lipinski definition) is 5. The fraction of sp³-hybridized carbons (Fsp3) is 0.400. The Kier molecular flexibility index (Phi) is 4.50. The first-order valence-electron chi connectivity index (χ1n) is 7.46. The Bertz CT molecular complexity index is 843. The second-order valence-corrected chi connectivity index (χ2v) is 7.76. The zero-order valence-electron chi connectivity index (χ0n) is 13.3. The van der Waals surface area contributed by atoms with Gasteiger partial charge < -0.3 is 9.32 Å². The van der Waals surface area contributed by atoms with Crippen LogP contribution in [0.25, 0.3) is 11.3 Å². The van der Waals surface area contributed by atoms with E-state index in [1.807, 2.05) is 0 Å². The molecule has 2 aromatic rings. The summed E-state index contributed by atoms with van der Waals surface area (Å²) >= 11 is 0. The Hall–Kier alpha value is -2.07. The largest absolute Gasteiger partial charge is 0.444 e. The molecule has 1 fully saturated rings. The molecular formula is C15H16F3N3O3S. The first-order valence-corrected chi connectivity index (χ1v) is 9.30. The summed E-state index contributed by atoms with van der Waals surface area (Å²) in [5, 5.41) is 0. The van der Waals surface area contributed by atoms with Crippen molar-refractivity contribution in [3.63, 3.8) is 0 Å². The van der Waals surface area contributed by atoms with E-state index in [9.17, 15) is 21.6 Å². The Morgan fingerprint density at radius 2 is 1.80 bits per heavy atom. The summed E-state index contributed by atoms with van der Waals surface area (Å²) in [7, 11) is -3.30. The molecule has 3 rings (SSSR count). The fourth-order valence-corrected chi connectivity index (χ4v) is 3.56. The van der Waals surface area contributed by atoms with Crippen molar-refractivity contribution in [2.45, 2.75) is 6.18 Å². The topological polar surface area (TPSA) is 66.7 Å². The highest BCUT2D eigenvalue weighted by Gasteiger charge is 2.33.